The predicted octanol–water partition coefficient (Wildman–Crippen LogP) is 3.21. The van der Waals surface area contributed by atoms with Gasteiger partial charge in [0, 0.05) is 24.8 Å². The van der Waals surface area contributed by atoms with E-state index in [1.807, 2.05) is 36.5 Å². The van der Waals surface area contributed by atoms with Crippen LogP contribution in [0.3, 0.4) is 0 Å². The van der Waals surface area contributed by atoms with E-state index >= 15 is 0 Å². The molecule has 1 aromatic heterocycles. The lowest BCUT2D eigenvalue weighted by Gasteiger charge is -2.08. The third kappa shape index (κ3) is 3.67. The van der Waals surface area contributed by atoms with Crippen LogP contribution in [0, 0.1) is 0 Å². The highest BCUT2D eigenvalue weighted by Crippen LogP contribution is 2.14. The summed E-state index contributed by atoms with van der Waals surface area (Å²) in [5.74, 6) is 0. The second-order valence-electron chi connectivity index (χ2n) is 5.24. The zero-order valence-corrected chi connectivity index (χ0v) is 12.3. The summed E-state index contributed by atoms with van der Waals surface area (Å²) >= 11 is 0. The molecule has 0 saturated heterocycles. The zero-order chi connectivity index (χ0) is 15.2. The number of aromatic amines is 1. The number of rotatable bonds is 5. The number of hydrogen-bond donors (Lipinski definition) is 3. The van der Waals surface area contributed by atoms with Gasteiger partial charge in [0.05, 0.1) is 0 Å². The lowest BCUT2D eigenvalue weighted by Crippen LogP contribution is -2.36. The Morgan fingerprint density at radius 2 is 1.82 bits per heavy atom. The minimum Gasteiger partial charge on any atom is -0.361 e. The van der Waals surface area contributed by atoms with Crippen LogP contribution >= 0.6 is 0 Å². The maximum absolute atomic E-state index is 11.8. The Morgan fingerprint density at radius 1 is 0.955 bits per heavy atom. The maximum atomic E-state index is 11.8. The van der Waals surface area contributed by atoms with Crippen molar-refractivity contribution < 1.29 is 4.79 Å². The van der Waals surface area contributed by atoms with Gasteiger partial charge in [-0.05, 0) is 41.1 Å². The Bertz CT molecular complexity index is 749. The molecule has 4 nitrogen and oxygen atoms in total. The Morgan fingerprint density at radius 3 is 2.68 bits per heavy atom. The van der Waals surface area contributed by atoms with Crippen molar-refractivity contribution in [3.8, 4) is 0 Å². The van der Waals surface area contributed by atoms with Crippen LogP contribution in [0.2, 0.25) is 0 Å². The van der Waals surface area contributed by atoms with Crippen molar-refractivity contribution in [3.05, 3.63) is 71.9 Å². The van der Waals surface area contributed by atoms with Crippen molar-refractivity contribution in [3.63, 3.8) is 0 Å². The highest BCUT2D eigenvalue weighted by molar-refractivity contribution is 5.80. The van der Waals surface area contributed by atoms with Crippen LogP contribution in [0.4, 0.5) is 4.79 Å². The lowest BCUT2D eigenvalue weighted by molar-refractivity contribution is 0.240. The number of urea groups is 1. The molecule has 4 heteroatoms. The maximum Gasteiger partial charge on any atom is 0.315 e. The first kappa shape index (κ1) is 14.2. The summed E-state index contributed by atoms with van der Waals surface area (Å²) in [5.41, 5.74) is 3.45. The number of H-pyrrole nitrogens is 1. The molecule has 22 heavy (non-hydrogen) atoms. The predicted molar refractivity (Wildman–Crippen MR) is 88.7 cm³/mol. The average molecular weight is 293 g/mol. The molecule has 3 N–H and O–H groups in total. The molecule has 0 aliphatic heterocycles. The van der Waals surface area contributed by atoms with Gasteiger partial charge in [-0.2, -0.15) is 0 Å². The van der Waals surface area contributed by atoms with E-state index in [2.05, 4.69) is 39.9 Å². The van der Waals surface area contributed by atoms with Gasteiger partial charge in [0.15, 0.2) is 0 Å². The van der Waals surface area contributed by atoms with Crippen molar-refractivity contribution >= 4 is 16.9 Å². The number of amides is 2. The molecule has 0 aliphatic rings. The van der Waals surface area contributed by atoms with Crippen LogP contribution in [0.5, 0.6) is 0 Å². The van der Waals surface area contributed by atoms with Gasteiger partial charge in [-0.1, -0.05) is 36.4 Å². The Labute approximate surface area is 129 Å². The Kier molecular flexibility index (Phi) is 4.39. The highest BCUT2D eigenvalue weighted by atomic mass is 16.2. The molecule has 0 radical (unpaired) electrons. The highest BCUT2D eigenvalue weighted by Gasteiger charge is 2.01. The normalized spacial score (nSPS) is 10.5. The van der Waals surface area contributed by atoms with Gasteiger partial charge in [-0.25, -0.2) is 4.79 Å². The van der Waals surface area contributed by atoms with Crippen molar-refractivity contribution in [1.82, 2.24) is 15.6 Å². The number of benzene rings is 2. The molecule has 0 fully saturated rings. The van der Waals surface area contributed by atoms with Gasteiger partial charge in [0.1, 0.15) is 0 Å². The van der Waals surface area contributed by atoms with Gasteiger partial charge in [-0.3, -0.25) is 0 Å². The Hall–Kier alpha value is -2.75. The summed E-state index contributed by atoms with van der Waals surface area (Å²) < 4.78 is 0. The standard InChI is InChI=1S/C18H19N3O/c22-18(21-13-15-4-2-1-3-5-15)20-10-8-14-6-7-17-16(12-14)9-11-19-17/h1-7,9,11-12,19H,8,10,13H2,(H2,20,21,22). The van der Waals surface area contributed by atoms with Crippen molar-refractivity contribution in [2.24, 2.45) is 0 Å². The van der Waals surface area contributed by atoms with Crippen molar-refractivity contribution in [2.45, 2.75) is 13.0 Å². The molecule has 1 heterocycles. The van der Waals surface area contributed by atoms with Gasteiger partial charge < -0.3 is 15.6 Å². The second kappa shape index (κ2) is 6.80. The fourth-order valence-corrected chi connectivity index (χ4v) is 2.42. The molecule has 0 atom stereocenters. The van der Waals surface area contributed by atoms with Crippen LogP contribution in [0.25, 0.3) is 10.9 Å². The smallest absolute Gasteiger partial charge is 0.315 e. The molecule has 112 valence electrons. The van der Waals surface area contributed by atoms with Crippen molar-refractivity contribution in [1.29, 1.82) is 0 Å². The molecular formula is C18H19N3O. The summed E-state index contributed by atoms with van der Waals surface area (Å²) in [5, 5.41) is 6.94. The summed E-state index contributed by atoms with van der Waals surface area (Å²) in [6, 6.07) is 18.1. The van der Waals surface area contributed by atoms with Crippen LogP contribution in [-0.2, 0) is 13.0 Å². The molecule has 3 aromatic rings. The first-order chi connectivity index (χ1) is 10.8. The van der Waals surface area contributed by atoms with Crippen LogP contribution in [0.1, 0.15) is 11.1 Å². The lowest BCUT2D eigenvalue weighted by atomic mass is 10.1. The van der Waals surface area contributed by atoms with Crippen molar-refractivity contribution in [2.75, 3.05) is 6.54 Å². The molecule has 2 amide bonds. The molecule has 2 aromatic carbocycles. The third-order valence-electron chi connectivity index (χ3n) is 3.61. The minimum absolute atomic E-state index is 0.133. The number of hydrogen-bond acceptors (Lipinski definition) is 1. The minimum atomic E-state index is -0.133. The molecule has 3 rings (SSSR count). The molecule has 0 unspecified atom stereocenters. The second-order valence-corrected chi connectivity index (χ2v) is 5.24. The van der Waals surface area contributed by atoms with Gasteiger partial charge in [0.25, 0.3) is 0 Å². The molecular weight excluding hydrogens is 274 g/mol. The van der Waals surface area contributed by atoms with Gasteiger partial charge in [0.2, 0.25) is 0 Å². The van der Waals surface area contributed by atoms with E-state index in [9.17, 15) is 4.79 Å². The van der Waals surface area contributed by atoms with E-state index in [4.69, 9.17) is 0 Å². The van der Waals surface area contributed by atoms with Crippen LogP contribution in [0.15, 0.2) is 60.8 Å². The molecule has 0 saturated carbocycles. The largest absolute Gasteiger partial charge is 0.361 e. The van der Waals surface area contributed by atoms with Gasteiger partial charge in [-0.15, -0.1) is 0 Å². The summed E-state index contributed by atoms with van der Waals surface area (Å²) in [4.78, 5) is 14.9. The first-order valence-corrected chi connectivity index (χ1v) is 7.43. The molecule has 0 spiro atoms. The topological polar surface area (TPSA) is 56.9 Å². The quantitative estimate of drug-likeness (QED) is 0.664. The fourth-order valence-electron chi connectivity index (χ4n) is 2.42. The number of carbonyl (C=O) groups excluding carboxylic acids is 1. The molecule has 0 bridgehead atoms. The van der Waals surface area contributed by atoms with E-state index in [1.165, 1.54) is 10.9 Å². The number of aromatic nitrogens is 1. The molecule has 0 aliphatic carbocycles. The zero-order valence-electron chi connectivity index (χ0n) is 12.3. The number of fused-ring (bicyclic) bond motifs is 1. The monoisotopic (exact) mass is 293 g/mol. The van der Waals surface area contributed by atoms with Crippen LogP contribution < -0.4 is 10.6 Å². The van der Waals surface area contributed by atoms with E-state index < -0.39 is 0 Å². The Balaban J connectivity index is 1.43. The first-order valence-electron chi connectivity index (χ1n) is 7.43. The third-order valence-corrected chi connectivity index (χ3v) is 3.61. The van der Waals surface area contributed by atoms with E-state index in [0.29, 0.717) is 13.1 Å². The van der Waals surface area contributed by atoms with E-state index in [-0.39, 0.29) is 6.03 Å². The van der Waals surface area contributed by atoms with E-state index in [1.54, 1.807) is 0 Å². The SMILES string of the molecule is O=C(NCCc1ccc2[nH]ccc2c1)NCc1ccccc1. The van der Waals surface area contributed by atoms with Crippen LogP contribution in [-0.4, -0.2) is 17.6 Å². The number of nitrogens with one attached hydrogen (secondary N) is 3. The summed E-state index contributed by atoms with van der Waals surface area (Å²) in [6.07, 6.45) is 2.75. The summed E-state index contributed by atoms with van der Waals surface area (Å²) in [6.45, 7) is 1.17. The average Bonchev–Trinajstić information content (AvgIpc) is 3.02. The van der Waals surface area contributed by atoms with E-state index in [0.717, 1.165) is 17.5 Å². The number of carbonyl (C=O) groups is 1. The fraction of sp³-hybridized carbons (Fsp3) is 0.167. The summed E-state index contributed by atoms with van der Waals surface area (Å²) in [7, 11) is 0. The van der Waals surface area contributed by atoms with Gasteiger partial charge >= 0.3 is 6.03 Å².